The van der Waals surface area contributed by atoms with Crippen molar-refractivity contribution in [1.29, 1.82) is 0 Å². The van der Waals surface area contributed by atoms with Crippen LogP contribution in [0, 0.1) is 11.6 Å². The van der Waals surface area contributed by atoms with Gasteiger partial charge in [0.25, 0.3) is 0 Å². The van der Waals surface area contributed by atoms with Crippen LogP contribution in [0.3, 0.4) is 0 Å². The molecule has 0 aliphatic heterocycles. The van der Waals surface area contributed by atoms with E-state index in [9.17, 15) is 8.78 Å². The van der Waals surface area contributed by atoms with Gasteiger partial charge in [-0.25, -0.2) is 13.8 Å². The molecule has 2 rings (SSSR count). The van der Waals surface area contributed by atoms with Gasteiger partial charge in [0.05, 0.1) is 0 Å². The van der Waals surface area contributed by atoms with Gasteiger partial charge in [-0.2, -0.15) is 0 Å². The van der Waals surface area contributed by atoms with Gasteiger partial charge < -0.3 is 10.3 Å². The van der Waals surface area contributed by atoms with Crippen molar-refractivity contribution in [2.24, 2.45) is 0 Å². The van der Waals surface area contributed by atoms with Gasteiger partial charge >= 0.3 is 0 Å². The van der Waals surface area contributed by atoms with Crippen molar-refractivity contribution >= 4 is 5.82 Å². The summed E-state index contributed by atoms with van der Waals surface area (Å²) in [4.78, 5) is 4.46. The number of rotatable bonds is 4. The van der Waals surface area contributed by atoms with E-state index in [4.69, 9.17) is 5.73 Å². The minimum absolute atomic E-state index is 0.497. The number of nitrogens with zero attached hydrogens (tertiary/aromatic N) is 2. The maximum absolute atomic E-state index is 13.3. The third-order valence-electron chi connectivity index (χ3n) is 3.07. The maximum atomic E-state index is 13.3. The Morgan fingerprint density at radius 3 is 2.53 bits per heavy atom. The Balaban J connectivity index is 2.52. The van der Waals surface area contributed by atoms with Crippen molar-refractivity contribution in [3.63, 3.8) is 0 Å². The van der Waals surface area contributed by atoms with Crippen molar-refractivity contribution in [1.82, 2.24) is 9.55 Å². The number of hydrogen-bond donors (Lipinski definition) is 1. The molecular weight excluding hydrogens is 248 g/mol. The van der Waals surface area contributed by atoms with Crippen LogP contribution in [-0.2, 0) is 13.0 Å². The first-order chi connectivity index (χ1) is 9.08. The number of benzene rings is 1. The number of nitrogens with two attached hydrogens (primary N) is 1. The highest BCUT2D eigenvalue weighted by molar-refractivity contribution is 5.71. The molecule has 1 aromatic heterocycles. The Labute approximate surface area is 111 Å². The zero-order valence-corrected chi connectivity index (χ0v) is 11.1. The predicted molar refractivity (Wildman–Crippen MR) is 71.7 cm³/mol. The fourth-order valence-electron chi connectivity index (χ4n) is 2.14. The van der Waals surface area contributed by atoms with Crippen LogP contribution in [0.4, 0.5) is 14.6 Å². The largest absolute Gasteiger partial charge is 0.383 e. The lowest BCUT2D eigenvalue weighted by Crippen LogP contribution is -2.05. The molecule has 0 spiro atoms. The summed E-state index contributed by atoms with van der Waals surface area (Å²) < 4.78 is 28.1. The molecule has 2 aromatic rings. The molecule has 0 bridgehead atoms. The minimum atomic E-state index is -0.889. The first-order valence-corrected chi connectivity index (χ1v) is 6.38. The number of anilines is 1. The van der Waals surface area contributed by atoms with Crippen molar-refractivity contribution in [2.45, 2.75) is 33.2 Å². The van der Waals surface area contributed by atoms with E-state index < -0.39 is 11.6 Å². The van der Waals surface area contributed by atoms with E-state index in [-0.39, 0.29) is 0 Å². The van der Waals surface area contributed by atoms with Gasteiger partial charge in [0.15, 0.2) is 11.6 Å². The van der Waals surface area contributed by atoms with Crippen LogP contribution in [0.1, 0.15) is 26.1 Å². The highest BCUT2D eigenvalue weighted by Gasteiger charge is 2.16. The SMILES string of the molecule is CCCc1nc(-c2ccc(F)c(F)c2)c(N)n1CC. The van der Waals surface area contributed by atoms with Gasteiger partial charge in [-0.1, -0.05) is 6.92 Å². The maximum Gasteiger partial charge on any atom is 0.159 e. The van der Waals surface area contributed by atoms with Gasteiger partial charge in [-0.15, -0.1) is 0 Å². The second-order valence-corrected chi connectivity index (χ2v) is 4.39. The van der Waals surface area contributed by atoms with E-state index in [0.29, 0.717) is 23.6 Å². The summed E-state index contributed by atoms with van der Waals surface area (Å²) in [5.41, 5.74) is 7.07. The van der Waals surface area contributed by atoms with E-state index in [1.165, 1.54) is 6.07 Å². The van der Waals surface area contributed by atoms with Gasteiger partial charge in [-0.05, 0) is 31.5 Å². The van der Waals surface area contributed by atoms with Gasteiger partial charge in [0.1, 0.15) is 17.3 Å². The lowest BCUT2D eigenvalue weighted by molar-refractivity contribution is 0.509. The van der Waals surface area contributed by atoms with Crippen LogP contribution in [0.25, 0.3) is 11.3 Å². The molecular formula is C14H17F2N3. The molecule has 2 N–H and O–H groups in total. The standard InChI is InChI=1S/C14H17F2N3/c1-3-5-12-18-13(14(17)19(12)4-2)9-6-7-10(15)11(16)8-9/h6-8H,3-5,17H2,1-2H3. The molecule has 0 aliphatic rings. The van der Waals surface area contributed by atoms with Crippen LogP contribution in [0.15, 0.2) is 18.2 Å². The molecule has 0 amide bonds. The van der Waals surface area contributed by atoms with Crippen LogP contribution in [0.2, 0.25) is 0 Å². The second-order valence-electron chi connectivity index (χ2n) is 4.39. The molecule has 5 heteroatoms. The zero-order valence-electron chi connectivity index (χ0n) is 11.1. The van der Waals surface area contributed by atoms with Crippen molar-refractivity contribution < 1.29 is 8.78 Å². The van der Waals surface area contributed by atoms with Crippen molar-refractivity contribution in [3.05, 3.63) is 35.7 Å². The second kappa shape index (κ2) is 5.38. The van der Waals surface area contributed by atoms with Crippen LogP contribution in [-0.4, -0.2) is 9.55 Å². The molecule has 0 fully saturated rings. The Morgan fingerprint density at radius 2 is 1.95 bits per heavy atom. The molecule has 0 unspecified atom stereocenters. The Hall–Kier alpha value is -1.91. The van der Waals surface area contributed by atoms with Crippen LogP contribution in [0.5, 0.6) is 0 Å². The molecule has 1 heterocycles. The molecule has 3 nitrogen and oxygen atoms in total. The Morgan fingerprint density at radius 1 is 1.21 bits per heavy atom. The first-order valence-electron chi connectivity index (χ1n) is 6.38. The summed E-state index contributed by atoms with van der Waals surface area (Å²) >= 11 is 0. The minimum Gasteiger partial charge on any atom is -0.383 e. The molecule has 102 valence electrons. The quantitative estimate of drug-likeness (QED) is 0.921. The molecule has 0 saturated carbocycles. The predicted octanol–water partition coefficient (Wildman–Crippen LogP) is 3.38. The topological polar surface area (TPSA) is 43.8 Å². The summed E-state index contributed by atoms with van der Waals surface area (Å²) in [7, 11) is 0. The van der Waals surface area contributed by atoms with Gasteiger partial charge in [-0.3, -0.25) is 0 Å². The summed E-state index contributed by atoms with van der Waals surface area (Å²) in [6, 6.07) is 3.71. The summed E-state index contributed by atoms with van der Waals surface area (Å²) in [6.45, 7) is 4.74. The molecule has 19 heavy (non-hydrogen) atoms. The third kappa shape index (κ3) is 2.45. The highest BCUT2D eigenvalue weighted by atomic mass is 19.2. The third-order valence-corrected chi connectivity index (χ3v) is 3.07. The number of aryl methyl sites for hydroxylation is 1. The smallest absolute Gasteiger partial charge is 0.159 e. The first kappa shape index (κ1) is 13.5. The fourth-order valence-corrected chi connectivity index (χ4v) is 2.14. The van der Waals surface area contributed by atoms with Crippen molar-refractivity contribution in [2.75, 3.05) is 5.73 Å². The van der Waals surface area contributed by atoms with Gasteiger partial charge in [0.2, 0.25) is 0 Å². The summed E-state index contributed by atoms with van der Waals surface area (Å²) in [6.07, 6.45) is 1.76. The monoisotopic (exact) mass is 265 g/mol. The van der Waals surface area contributed by atoms with Crippen LogP contribution >= 0.6 is 0 Å². The number of imidazole rings is 1. The van der Waals surface area contributed by atoms with E-state index in [1.54, 1.807) is 0 Å². The van der Waals surface area contributed by atoms with E-state index in [0.717, 1.165) is 30.8 Å². The fraction of sp³-hybridized carbons (Fsp3) is 0.357. The number of halogens is 2. The average Bonchev–Trinajstić information content (AvgIpc) is 2.70. The van der Waals surface area contributed by atoms with E-state index in [2.05, 4.69) is 11.9 Å². The molecule has 0 aliphatic carbocycles. The van der Waals surface area contributed by atoms with E-state index in [1.807, 2.05) is 11.5 Å². The average molecular weight is 265 g/mol. The summed E-state index contributed by atoms with van der Waals surface area (Å²) in [5, 5.41) is 0. The normalized spacial score (nSPS) is 10.9. The number of hydrogen-bond acceptors (Lipinski definition) is 2. The number of nitrogen functional groups attached to an aromatic ring is 1. The highest BCUT2D eigenvalue weighted by Crippen LogP contribution is 2.28. The lowest BCUT2D eigenvalue weighted by Gasteiger charge is -2.05. The van der Waals surface area contributed by atoms with Crippen LogP contribution < -0.4 is 5.73 Å². The van der Waals surface area contributed by atoms with E-state index >= 15 is 0 Å². The lowest BCUT2D eigenvalue weighted by atomic mass is 10.1. The summed E-state index contributed by atoms with van der Waals surface area (Å²) in [5.74, 6) is -0.384. The Bertz CT molecular complexity index is 591. The molecule has 0 radical (unpaired) electrons. The Kier molecular flexibility index (Phi) is 3.83. The number of aromatic nitrogens is 2. The molecule has 1 aromatic carbocycles. The zero-order chi connectivity index (χ0) is 14.0. The molecule has 0 atom stereocenters. The molecule has 0 saturated heterocycles. The van der Waals surface area contributed by atoms with Crippen molar-refractivity contribution in [3.8, 4) is 11.3 Å². The van der Waals surface area contributed by atoms with Gasteiger partial charge in [0, 0.05) is 18.5 Å².